The highest BCUT2D eigenvalue weighted by atomic mass is 16.5. The Balaban J connectivity index is 0.00000137. The summed E-state index contributed by atoms with van der Waals surface area (Å²) in [6, 6.07) is 5.96. The molecule has 3 nitrogen and oxygen atoms in total. The van der Waals surface area contributed by atoms with E-state index in [2.05, 4.69) is 0 Å². The molecule has 0 aliphatic carbocycles. The first-order valence-electron chi connectivity index (χ1n) is 6.29. The summed E-state index contributed by atoms with van der Waals surface area (Å²) in [6.07, 6.45) is 0.814. The molecule has 0 fully saturated rings. The second-order valence-electron chi connectivity index (χ2n) is 4.69. The van der Waals surface area contributed by atoms with Crippen LogP contribution in [0.1, 0.15) is 33.3 Å². The number of aldehydes is 1. The standard InChI is InChI=1S/C13H19NO2.C2H6/c1-10-6-7-11(14(4)5)12(8-10)16-13(2,3)9-15;1-2/h6-9H,1-5H3;1-2H3. The number of rotatable bonds is 4. The topological polar surface area (TPSA) is 29.5 Å². The van der Waals surface area contributed by atoms with Crippen LogP contribution in [0.15, 0.2) is 18.2 Å². The van der Waals surface area contributed by atoms with Crippen molar-refractivity contribution >= 4 is 12.0 Å². The summed E-state index contributed by atoms with van der Waals surface area (Å²) in [5, 5.41) is 0. The van der Waals surface area contributed by atoms with Crippen LogP contribution in [0.5, 0.6) is 5.75 Å². The number of nitrogens with zero attached hydrogens (tertiary/aromatic N) is 1. The van der Waals surface area contributed by atoms with Crippen LogP contribution in [0.3, 0.4) is 0 Å². The molecule has 102 valence electrons. The molecule has 0 saturated carbocycles. The van der Waals surface area contributed by atoms with Gasteiger partial charge in [-0.15, -0.1) is 0 Å². The molecule has 1 aromatic carbocycles. The van der Waals surface area contributed by atoms with Crippen molar-refractivity contribution in [2.75, 3.05) is 19.0 Å². The van der Waals surface area contributed by atoms with Gasteiger partial charge in [-0.1, -0.05) is 19.9 Å². The minimum Gasteiger partial charge on any atom is -0.478 e. The Kier molecular flexibility index (Phi) is 6.45. The second kappa shape index (κ2) is 7.04. The van der Waals surface area contributed by atoms with Crippen molar-refractivity contribution in [2.24, 2.45) is 0 Å². The largest absolute Gasteiger partial charge is 0.478 e. The van der Waals surface area contributed by atoms with E-state index in [1.165, 1.54) is 0 Å². The van der Waals surface area contributed by atoms with Gasteiger partial charge >= 0.3 is 0 Å². The number of aryl methyl sites for hydroxylation is 1. The van der Waals surface area contributed by atoms with Crippen molar-refractivity contribution in [3.05, 3.63) is 23.8 Å². The van der Waals surface area contributed by atoms with Crippen molar-refractivity contribution in [3.63, 3.8) is 0 Å². The SMILES string of the molecule is CC.Cc1ccc(N(C)C)c(OC(C)(C)C=O)c1. The Morgan fingerprint density at radius 2 is 1.78 bits per heavy atom. The quantitative estimate of drug-likeness (QED) is 0.768. The van der Waals surface area contributed by atoms with E-state index in [1.54, 1.807) is 13.8 Å². The average Bonchev–Trinajstić information content (AvgIpc) is 2.31. The lowest BCUT2D eigenvalue weighted by atomic mass is 10.1. The molecule has 1 aromatic rings. The number of carbonyl (C=O) groups excluding carboxylic acids is 1. The van der Waals surface area contributed by atoms with Gasteiger partial charge < -0.3 is 9.64 Å². The molecule has 1 rings (SSSR count). The summed E-state index contributed by atoms with van der Waals surface area (Å²) < 4.78 is 5.71. The van der Waals surface area contributed by atoms with Crippen LogP contribution < -0.4 is 9.64 Å². The fraction of sp³-hybridized carbons (Fsp3) is 0.533. The van der Waals surface area contributed by atoms with Gasteiger partial charge in [0, 0.05) is 14.1 Å². The molecule has 0 saturated heterocycles. The Morgan fingerprint density at radius 1 is 1.22 bits per heavy atom. The molecule has 0 unspecified atom stereocenters. The summed E-state index contributed by atoms with van der Waals surface area (Å²) in [6.45, 7) is 9.50. The van der Waals surface area contributed by atoms with Crippen LogP contribution in [0, 0.1) is 6.92 Å². The molecule has 3 heteroatoms. The molecule has 0 heterocycles. The van der Waals surface area contributed by atoms with Gasteiger partial charge in [-0.25, -0.2) is 0 Å². The molecular formula is C15H25NO2. The predicted molar refractivity (Wildman–Crippen MR) is 77.6 cm³/mol. The summed E-state index contributed by atoms with van der Waals surface area (Å²) in [5.74, 6) is 0.738. The van der Waals surface area contributed by atoms with Gasteiger partial charge in [0.05, 0.1) is 5.69 Å². The maximum Gasteiger partial charge on any atom is 0.162 e. The maximum absolute atomic E-state index is 10.9. The first-order valence-corrected chi connectivity index (χ1v) is 6.29. The van der Waals surface area contributed by atoms with E-state index in [4.69, 9.17) is 4.74 Å². The lowest BCUT2D eigenvalue weighted by Gasteiger charge is -2.24. The molecule has 18 heavy (non-hydrogen) atoms. The first-order chi connectivity index (χ1) is 8.35. The number of hydrogen-bond donors (Lipinski definition) is 0. The number of anilines is 1. The van der Waals surface area contributed by atoms with Gasteiger partial charge in [0.25, 0.3) is 0 Å². The smallest absolute Gasteiger partial charge is 0.162 e. The molecular weight excluding hydrogens is 226 g/mol. The van der Waals surface area contributed by atoms with Crippen LogP contribution in [-0.2, 0) is 4.79 Å². The van der Waals surface area contributed by atoms with E-state index < -0.39 is 5.60 Å². The summed E-state index contributed by atoms with van der Waals surface area (Å²) in [5.41, 5.74) is 1.29. The Bertz CT molecular complexity index is 384. The lowest BCUT2D eigenvalue weighted by Crippen LogP contribution is -2.30. The molecule has 0 N–H and O–H groups in total. The fourth-order valence-electron chi connectivity index (χ4n) is 1.38. The highest BCUT2D eigenvalue weighted by molar-refractivity contribution is 5.64. The highest BCUT2D eigenvalue weighted by Gasteiger charge is 2.20. The third kappa shape index (κ3) is 4.78. The van der Waals surface area contributed by atoms with Crippen LogP contribution in [0.2, 0.25) is 0 Å². The first kappa shape index (κ1) is 16.5. The minimum absolute atomic E-state index is 0.738. The second-order valence-corrected chi connectivity index (χ2v) is 4.69. The van der Waals surface area contributed by atoms with Crippen molar-refractivity contribution in [1.29, 1.82) is 0 Å². The Hall–Kier alpha value is -1.51. The number of hydrogen-bond acceptors (Lipinski definition) is 3. The molecule has 0 spiro atoms. The zero-order chi connectivity index (χ0) is 14.3. The number of benzene rings is 1. The van der Waals surface area contributed by atoms with Crippen LogP contribution in [-0.4, -0.2) is 26.0 Å². The van der Waals surface area contributed by atoms with Crippen LogP contribution in [0.25, 0.3) is 0 Å². The minimum atomic E-state index is -0.793. The lowest BCUT2D eigenvalue weighted by molar-refractivity contribution is -0.118. The van der Waals surface area contributed by atoms with Gasteiger partial charge in [0.1, 0.15) is 5.75 Å². The predicted octanol–water partition coefficient (Wildman–Crippen LogP) is 3.44. The van der Waals surface area contributed by atoms with Gasteiger partial charge in [0.2, 0.25) is 0 Å². The van der Waals surface area contributed by atoms with Crippen LogP contribution >= 0.6 is 0 Å². The maximum atomic E-state index is 10.9. The third-order valence-electron chi connectivity index (χ3n) is 2.25. The van der Waals surface area contributed by atoms with E-state index in [0.29, 0.717) is 0 Å². The number of ether oxygens (including phenoxy) is 1. The van der Waals surface area contributed by atoms with E-state index >= 15 is 0 Å². The molecule has 0 aromatic heterocycles. The third-order valence-corrected chi connectivity index (χ3v) is 2.25. The van der Waals surface area contributed by atoms with Gasteiger partial charge in [-0.05, 0) is 38.5 Å². The molecule has 0 aliphatic heterocycles. The molecule has 0 bridgehead atoms. The van der Waals surface area contributed by atoms with Gasteiger partial charge in [-0.3, -0.25) is 4.79 Å². The highest BCUT2D eigenvalue weighted by Crippen LogP contribution is 2.30. The summed E-state index contributed by atoms with van der Waals surface area (Å²) >= 11 is 0. The average molecular weight is 251 g/mol. The molecule has 0 amide bonds. The Morgan fingerprint density at radius 3 is 2.22 bits per heavy atom. The molecule has 0 aliphatic rings. The zero-order valence-corrected chi connectivity index (χ0v) is 12.6. The normalized spacial score (nSPS) is 10.2. The molecule has 0 atom stereocenters. The van der Waals surface area contributed by atoms with E-state index in [0.717, 1.165) is 23.3 Å². The molecule has 0 radical (unpaired) electrons. The van der Waals surface area contributed by atoms with Crippen molar-refractivity contribution < 1.29 is 9.53 Å². The van der Waals surface area contributed by atoms with Crippen molar-refractivity contribution in [1.82, 2.24) is 0 Å². The fourth-order valence-corrected chi connectivity index (χ4v) is 1.38. The van der Waals surface area contributed by atoms with Gasteiger partial charge in [-0.2, -0.15) is 0 Å². The summed E-state index contributed by atoms with van der Waals surface area (Å²) in [4.78, 5) is 12.8. The van der Waals surface area contributed by atoms with Crippen molar-refractivity contribution in [3.8, 4) is 5.75 Å². The number of carbonyl (C=O) groups is 1. The van der Waals surface area contributed by atoms with Crippen LogP contribution in [0.4, 0.5) is 5.69 Å². The monoisotopic (exact) mass is 251 g/mol. The van der Waals surface area contributed by atoms with E-state index in [1.807, 2.05) is 58.0 Å². The van der Waals surface area contributed by atoms with E-state index in [-0.39, 0.29) is 0 Å². The summed E-state index contributed by atoms with van der Waals surface area (Å²) in [7, 11) is 3.90. The van der Waals surface area contributed by atoms with E-state index in [9.17, 15) is 4.79 Å². The van der Waals surface area contributed by atoms with Crippen molar-refractivity contribution in [2.45, 2.75) is 40.2 Å². The zero-order valence-electron chi connectivity index (χ0n) is 12.6. The van der Waals surface area contributed by atoms with Gasteiger partial charge in [0.15, 0.2) is 11.9 Å². The Labute approximate surface area is 111 Å².